The van der Waals surface area contributed by atoms with E-state index in [2.05, 4.69) is 4.98 Å². The van der Waals surface area contributed by atoms with Crippen molar-refractivity contribution >= 4 is 29.3 Å². The van der Waals surface area contributed by atoms with Gasteiger partial charge in [0.25, 0.3) is 0 Å². The van der Waals surface area contributed by atoms with Crippen molar-refractivity contribution in [2.24, 2.45) is 5.73 Å². The summed E-state index contributed by atoms with van der Waals surface area (Å²) < 4.78 is 0. The number of hydrogen-bond donors (Lipinski definition) is 2. The molecule has 0 aromatic carbocycles. The quantitative estimate of drug-likeness (QED) is 0.792. The van der Waals surface area contributed by atoms with Gasteiger partial charge in [-0.25, -0.2) is 4.98 Å². The van der Waals surface area contributed by atoms with E-state index < -0.39 is 11.5 Å². The number of hydrogen-bond acceptors (Lipinski definition) is 4. The molecule has 0 radical (unpaired) electrons. The van der Waals surface area contributed by atoms with Gasteiger partial charge in [0.2, 0.25) is 0 Å². The molecule has 0 spiro atoms. The zero-order chi connectivity index (χ0) is 12.2. The molecular weight excluding hydrogens is 248 g/mol. The Morgan fingerprint density at radius 1 is 1.75 bits per heavy atom. The molecule has 0 amide bonds. The van der Waals surface area contributed by atoms with Gasteiger partial charge in [-0.1, -0.05) is 11.6 Å². The molecule has 1 atom stereocenters. The lowest BCUT2D eigenvalue weighted by Gasteiger charge is -2.18. The van der Waals surface area contributed by atoms with E-state index in [4.69, 9.17) is 22.4 Å². The lowest BCUT2D eigenvalue weighted by Crippen LogP contribution is -2.45. The number of halogens is 1. The molecule has 1 unspecified atom stereocenters. The van der Waals surface area contributed by atoms with Crippen LogP contribution in [0.25, 0.3) is 0 Å². The Morgan fingerprint density at radius 2 is 2.44 bits per heavy atom. The van der Waals surface area contributed by atoms with Crippen molar-refractivity contribution in [3.63, 3.8) is 0 Å². The maximum Gasteiger partial charge on any atom is 0.323 e. The van der Waals surface area contributed by atoms with Gasteiger partial charge in [0.05, 0.1) is 5.02 Å². The number of nitrogens with zero attached hydrogens (tertiary/aromatic N) is 1. The molecule has 0 aliphatic heterocycles. The van der Waals surface area contributed by atoms with Gasteiger partial charge in [-0.15, -0.1) is 11.8 Å². The van der Waals surface area contributed by atoms with E-state index in [-0.39, 0.29) is 0 Å². The number of carboxylic acid groups (broad SMARTS) is 1. The summed E-state index contributed by atoms with van der Waals surface area (Å²) in [5, 5.41) is 10.1. The van der Waals surface area contributed by atoms with Crippen molar-refractivity contribution in [3.05, 3.63) is 23.4 Å². The van der Waals surface area contributed by atoms with Gasteiger partial charge >= 0.3 is 5.97 Å². The van der Waals surface area contributed by atoms with Gasteiger partial charge in [-0.3, -0.25) is 4.79 Å². The average molecular weight is 261 g/mol. The highest BCUT2D eigenvalue weighted by Crippen LogP contribution is 2.25. The first-order valence-electron chi connectivity index (χ1n) is 4.69. The summed E-state index contributed by atoms with van der Waals surface area (Å²) in [5.41, 5.74) is 4.40. The van der Waals surface area contributed by atoms with E-state index in [1.54, 1.807) is 18.3 Å². The summed E-state index contributed by atoms with van der Waals surface area (Å²) in [5.74, 6) is -0.434. The Morgan fingerprint density at radius 3 is 3.00 bits per heavy atom. The van der Waals surface area contributed by atoms with E-state index in [1.807, 2.05) is 0 Å². The molecule has 0 aliphatic carbocycles. The van der Waals surface area contributed by atoms with Crippen molar-refractivity contribution in [3.8, 4) is 0 Å². The number of rotatable bonds is 5. The Hall–Kier alpha value is -0.780. The highest BCUT2D eigenvalue weighted by Gasteiger charge is 2.27. The maximum atomic E-state index is 10.8. The van der Waals surface area contributed by atoms with Gasteiger partial charge < -0.3 is 10.8 Å². The molecular formula is C10H13ClN2O2S. The van der Waals surface area contributed by atoms with Gasteiger partial charge in [-0.2, -0.15) is 0 Å². The highest BCUT2D eigenvalue weighted by molar-refractivity contribution is 7.99. The number of aliphatic carboxylic acids is 1. The lowest BCUT2D eigenvalue weighted by molar-refractivity contribution is -0.142. The molecule has 1 aromatic heterocycles. The first-order valence-corrected chi connectivity index (χ1v) is 6.05. The van der Waals surface area contributed by atoms with Crippen molar-refractivity contribution in [2.75, 3.05) is 5.75 Å². The molecule has 0 bridgehead atoms. The SMILES string of the molecule is CC(N)(CCSc1ncccc1Cl)C(=O)O. The van der Waals surface area contributed by atoms with Crippen LogP contribution in [0.4, 0.5) is 0 Å². The highest BCUT2D eigenvalue weighted by atomic mass is 35.5. The van der Waals surface area contributed by atoms with Crippen LogP contribution in [0, 0.1) is 0 Å². The Kier molecular flexibility index (Phi) is 4.58. The molecule has 6 heteroatoms. The minimum atomic E-state index is -1.20. The first-order chi connectivity index (χ1) is 7.43. The normalized spacial score (nSPS) is 14.4. The van der Waals surface area contributed by atoms with Crippen LogP contribution >= 0.6 is 23.4 Å². The second-order valence-corrected chi connectivity index (χ2v) is 5.10. The van der Waals surface area contributed by atoms with Crippen molar-refractivity contribution in [2.45, 2.75) is 23.9 Å². The minimum absolute atomic E-state index is 0.361. The minimum Gasteiger partial charge on any atom is -0.480 e. The monoisotopic (exact) mass is 260 g/mol. The summed E-state index contributed by atoms with van der Waals surface area (Å²) >= 11 is 7.31. The van der Waals surface area contributed by atoms with Crippen LogP contribution in [0.3, 0.4) is 0 Å². The van der Waals surface area contributed by atoms with Gasteiger partial charge in [0, 0.05) is 11.9 Å². The van der Waals surface area contributed by atoms with Crippen LogP contribution in [0.5, 0.6) is 0 Å². The zero-order valence-corrected chi connectivity index (χ0v) is 10.4. The molecule has 16 heavy (non-hydrogen) atoms. The van der Waals surface area contributed by atoms with E-state index in [0.717, 1.165) is 0 Å². The molecule has 0 aliphatic rings. The van der Waals surface area contributed by atoms with Crippen LogP contribution in [0.1, 0.15) is 13.3 Å². The van der Waals surface area contributed by atoms with Crippen LogP contribution in [0.15, 0.2) is 23.4 Å². The fraction of sp³-hybridized carbons (Fsp3) is 0.400. The number of carboxylic acids is 1. The first kappa shape index (κ1) is 13.3. The van der Waals surface area contributed by atoms with Crippen molar-refractivity contribution in [1.29, 1.82) is 0 Å². The second kappa shape index (κ2) is 5.52. The predicted octanol–water partition coefficient (Wildman–Crippen LogP) is 2.02. The fourth-order valence-corrected chi connectivity index (χ4v) is 2.29. The molecule has 88 valence electrons. The van der Waals surface area contributed by atoms with Crippen LogP contribution < -0.4 is 5.73 Å². The van der Waals surface area contributed by atoms with Crippen LogP contribution in [0.2, 0.25) is 5.02 Å². The fourth-order valence-electron chi connectivity index (χ4n) is 0.944. The number of carbonyl (C=O) groups is 1. The molecule has 0 saturated carbocycles. The number of thioether (sulfide) groups is 1. The predicted molar refractivity (Wildman–Crippen MR) is 64.8 cm³/mol. The molecule has 3 N–H and O–H groups in total. The van der Waals surface area contributed by atoms with Crippen molar-refractivity contribution in [1.82, 2.24) is 4.98 Å². The van der Waals surface area contributed by atoms with Crippen LogP contribution in [-0.4, -0.2) is 27.4 Å². The second-order valence-electron chi connectivity index (χ2n) is 3.61. The standard InChI is InChI=1S/C10H13ClN2O2S/c1-10(12,9(14)15)4-6-16-8-7(11)3-2-5-13-8/h2-3,5H,4,6,12H2,1H3,(H,14,15). The third kappa shape index (κ3) is 3.66. The van der Waals surface area contributed by atoms with Crippen molar-refractivity contribution < 1.29 is 9.90 Å². The molecule has 1 heterocycles. The summed E-state index contributed by atoms with van der Waals surface area (Å²) in [6, 6.07) is 3.49. The van der Waals surface area contributed by atoms with Gasteiger partial charge in [0.15, 0.2) is 0 Å². The third-order valence-electron chi connectivity index (χ3n) is 2.07. The third-order valence-corrected chi connectivity index (χ3v) is 3.50. The van der Waals surface area contributed by atoms with E-state index in [0.29, 0.717) is 22.2 Å². The number of nitrogens with two attached hydrogens (primary N) is 1. The molecule has 0 fully saturated rings. The number of aromatic nitrogens is 1. The Bertz CT molecular complexity index is 385. The lowest BCUT2D eigenvalue weighted by atomic mass is 10.0. The Balaban J connectivity index is 2.48. The molecule has 1 rings (SSSR count). The zero-order valence-electron chi connectivity index (χ0n) is 8.81. The molecule has 0 saturated heterocycles. The van der Waals surface area contributed by atoms with Gasteiger partial charge in [0.1, 0.15) is 10.6 Å². The summed E-state index contributed by atoms with van der Waals surface area (Å²) in [4.78, 5) is 14.8. The van der Waals surface area contributed by atoms with Crippen LogP contribution in [-0.2, 0) is 4.79 Å². The van der Waals surface area contributed by atoms with Gasteiger partial charge in [-0.05, 0) is 25.5 Å². The summed E-state index contributed by atoms with van der Waals surface area (Å²) in [6.45, 7) is 1.50. The molecule has 1 aromatic rings. The molecule has 4 nitrogen and oxygen atoms in total. The largest absolute Gasteiger partial charge is 0.480 e. The van der Waals surface area contributed by atoms with E-state index >= 15 is 0 Å². The van der Waals surface area contributed by atoms with E-state index in [1.165, 1.54) is 18.7 Å². The smallest absolute Gasteiger partial charge is 0.323 e. The topological polar surface area (TPSA) is 76.2 Å². The Labute approximate surface area is 103 Å². The number of pyridine rings is 1. The summed E-state index contributed by atoms with van der Waals surface area (Å²) in [6.07, 6.45) is 2.01. The maximum absolute atomic E-state index is 10.8. The summed E-state index contributed by atoms with van der Waals surface area (Å²) in [7, 11) is 0. The van der Waals surface area contributed by atoms with E-state index in [9.17, 15) is 4.79 Å². The average Bonchev–Trinajstić information content (AvgIpc) is 2.20.